The summed E-state index contributed by atoms with van der Waals surface area (Å²) in [6, 6.07) is 3.97. The van der Waals surface area contributed by atoms with Gasteiger partial charge in [0.2, 0.25) is 5.91 Å². The first-order chi connectivity index (χ1) is 9.06. The van der Waals surface area contributed by atoms with E-state index in [4.69, 9.17) is 0 Å². The standard InChI is InChI=1S/C13H14FNO3S/c1-18-13(17)9-2-3-11(10(14)5-9)15-6-8(7-19)4-12(15)16/h2-3,5,8,19H,4,6-7H2,1H3. The number of carbonyl (C=O) groups is 2. The van der Waals surface area contributed by atoms with E-state index in [-0.39, 0.29) is 23.1 Å². The number of hydrogen-bond acceptors (Lipinski definition) is 4. The number of benzene rings is 1. The van der Waals surface area contributed by atoms with E-state index < -0.39 is 11.8 Å². The van der Waals surface area contributed by atoms with Crippen LogP contribution in [0.3, 0.4) is 0 Å². The Morgan fingerprint density at radius 1 is 1.58 bits per heavy atom. The molecule has 0 spiro atoms. The van der Waals surface area contributed by atoms with Gasteiger partial charge < -0.3 is 9.64 Å². The van der Waals surface area contributed by atoms with Crippen LogP contribution < -0.4 is 4.90 Å². The molecule has 0 N–H and O–H groups in total. The predicted octanol–water partition coefficient (Wildman–Crippen LogP) is 1.89. The summed E-state index contributed by atoms with van der Waals surface area (Å²) in [4.78, 5) is 24.5. The van der Waals surface area contributed by atoms with Gasteiger partial charge in [0.1, 0.15) is 5.82 Å². The van der Waals surface area contributed by atoms with Crippen LogP contribution >= 0.6 is 12.6 Å². The molecule has 1 atom stereocenters. The monoisotopic (exact) mass is 283 g/mol. The van der Waals surface area contributed by atoms with E-state index in [1.807, 2.05) is 0 Å². The molecular formula is C13H14FNO3S. The van der Waals surface area contributed by atoms with E-state index >= 15 is 0 Å². The number of hydrogen-bond donors (Lipinski definition) is 1. The molecular weight excluding hydrogens is 269 g/mol. The average molecular weight is 283 g/mol. The number of ether oxygens (including phenoxy) is 1. The zero-order chi connectivity index (χ0) is 14.0. The first-order valence-electron chi connectivity index (χ1n) is 5.86. The molecule has 1 aliphatic rings. The topological polar surface area (TPSA) is 46.6 Å². The van der Waals surface area contributed by atoms with Gasteiger partial charge in [0.25, 0.3) is 0 Å². The average Bonchev–Trinajstić information content (AvgIpc) is 2.79. The van der Waals surface area contributed by atoms with Gasteiger partial charge in [0, 0.05) is 13.0 Å². The fourth-order valence-corrected chi connectivity index (χ4v) is 2.35. The molecule has 102 valence electrons. The molecule has 1 aromatic carbocycles. The second kappa shape index (κ2) is 5.61. The van der Waals surface area contributed by atoms with Crippen molar-refractivity contribution < 1.29 is 18.7 Å². The molecule has 0 saturated carbocycles. The van der Waals surface area contributed by atoms with E-state index in [9.17, 15) is 14.0 Å². The van der Waals surface area contributed by atoms with Crippen LogP contribution in [0.4, 0.5) is 10.1 Å². The molecule has 0 aromatic heterocycles. The molecule has 1 amide bonds. The van der Waals surface area contributed by atoms with Crippen molar-refractivity contribution in [1.29, 1.82) is 0 Å². The Bertz CT molecular complexity index is 521. The third kappa shape index (κ3) is 2.73. The number of nitrogens with zero attached hydrogens (tertiary/aromatic N) is 1. The largest absolute Gasteiger partial charge is 0.465 e. The van der Waals surface area contributed by atoms with E-state index in [2.05, 4.69) is 17.4 Å². The number of rotatable bonds is 3. The fraction of sp³-hybridized carbons (Fsp3) is 0.385. The van der Waals surface area contributed by atoms with Gasteiger partial charge in [-0.05, 0) is 29.9 Å². The Balaban J connectivity index is 2.27. The third-order valence-corrected chi connectivity index (χ3v) is 3.64. The molecule has 1 saturated heterocycles. The number of halogens is 1. The maximum atomic E-state index is 14.0. The first kappa shape index (κ1) is 13.9. The van der Waals surface area contributed by atoms with Crippen LogP contribution in [0.2, 0.25) is 0 Å². The molecule has 1 fully saturated rings. The van der Waals surface area contributed by atoms with E-state index in [0.717, 1.165) is 6.07 Å². The highest BCUT2D eigenvalue weighted by Gasteiger charge is 2.31. The maximum absolute atomic E-state index is 14.0. The Kier molecular flexibility index (Phi) is 4.09. The molecule has 1 aromatic rings. The van der Waals surface area contributed by atoms with Crippen molar-refractivity contribution >= 4 is 30.2 Å². The smallest absolute Gasteiger partial charge is 0.337 e. The molecule has 2 rings (SSSR count). The van der Waals surface area contributed by atoms with Crippen molar-refractivity contribution in [3.63, 3.8) is 0 Å². The molecule has 4 nitrogen and oxygen atoms in total. The fourth-order valence-electron chi connectivity index (χ4n) is 2.11. The summed E-state index contributed by atoms with van der Waals surface area (Å²) in [5.74, 6) is -0.605. The summed E-state index contributed by atoms with van der Waals surface area (Å²) in [5, 5.41) is 0. The normalized spacial score (nSPS) is 18.8. The van der Waals surface area contributed by atoms with Gasteiger partial charge in [0.05, 0.1) is 18.4 Å². The van der Waals surface area contributed by atoms with Crippen LogP contribution in [0.5, 0.6) is 0 Å². The highest BCUT2D eigenvalue weighted by Crippen LogP contribution is 2.28. The van der Waals surface area contributed by atoms with Gasteiger partial charge >= 0.3 is 5.97 Å². The van der Waals surface area contributed by atoms with E-state index in [1.54, 1.807) is 0 Å². The van der Waals surface area contributed by atoms with Crippen molar-refractivity contribution in [3.8, 4) is 0 Å². The Morgan fingerprint density at radius 2 is 2.32 bits per heavy atom. The van der Waals surface area contributed by atoms with Crippen LogP contribution in [-0.2, 0) is 9.53 Å². The highest BCUT2D eigenvalue weighted by molar-refractivity contribution is 7.80. The van der Waals surface area contributed by atoms with Crippen LogP contribution in [0.15, 0.2) is 18.2 Å². The lowest BCUT2D eigenvalue weighted by atomic mass is 10.1. The molecule has 0 bridgehead atoms. The Morgan fingerprint density at radius 3 is 2.84 bits per heavy atom. The lowest BCUT2D eigenvalue weighted by Crippen LogP contribution is -2.25. The number of carbonyl (C=O) groups excluding carboxylic acids is 2. The molecule has 0 aliphatic carbocycles. The molecule has 1 aliphatic heterocycles. The summed E-state index contributed by atoms with van der Waals surface area (Å²) < 4.78 is 18.5. The lowest BCUT2D eigenvalue weighted by Gasteiger charge is -2.17. The zero-order valence-corrected chi connectivity index (χ0v) is 11.3. The summed E-state index contributed by atoms with van der Waals surface area (Å²) in [7, 11) is 1.23. The molecule has 6 heteroatoms. The molecule has 0 radical (unpaired) electrons. The summed E-state index contributed by atoms with van der Waals surface area (Å²) in [6.07, 6.45) is 0.377. The minimum absolute atomic E-state index is 0.122. The van der Waals surface area contributed by atoms with Crippen LogP contribution in [0.25, 0.3) is 0 Å². The number of amides is 1. The van der Waals surface area contributed by atoms with Crippen LogP contribution in [0, 0.1) is 11.7 Å². The Labute approximate surface area is 115 Å². The SMILES string of the molecule is COC(=O)c1ccc(N2CC(CS)CC2=O)c(F)c1. The quantitative estimate of drug-likeness (QED) is 0.681. The minimum Gasteiger partial charge on any atom is -0.465 e. The van der Waals surface area contributed by atoms with Crippen molar-refractivity contribution in [2.24, 2.45) is 5.92 Å². The molecule has 19 heavy (non-hydrogen) atoms. The van der Waals surface area contributed by atoms with Gasteiger partial charge in [-0.15, -0.1) is 0 Å². The van der Waals surface area contributed by atoms with Crippen LogP contribution in [-0.4, -0.2) is 31.3 Å². The summed E-state index contributed by atoms with van der Waals surface area (Å²) >= 11 is 4.16. The second-order valence-electron chi connectivity index (χ2n) is 4.41. The van der Waals surface area contributed by atoms with E-state index in [1.165, 1.54) is 24.1 Å². The van der Waals surface area contributed by atoms with E-state index in [0.29, 0.717) is 18.7 Å². The lowest BCUT2D eigenvalue weighted by molar-refractivity contribution is -0.117. The summed E-state index contributed by atoms with van der Waals surface area (Å²) in [6.45, 7) is 0.455. The van der Waals surface area contributed by atoms with Gasteiger partial charge in [-0.3, -0.25) is 4.79 Å². The van der Waals surface area contributed by atoms with Crippen molar-refractivity contribution in [3.05, 3.63) is 29.6 Å². The number of esters is 1. The highest BCUT2D eigenvalue weighted by atomic mass is 32.1. The predicted molar refractivity (Wildman–Crippen MR) is 72.1 cm³/mol. The number of thiol groups is 1. The van der Waals surface area contributed by atoms with Gasteiger partial charge in [-0.2, -0.15) is 12.6 Å². The maximum Gasteiger partial charge on any atom is 0.337 e. The summed E-state index contributed by atoms with van der Waals surface area (Å²) in [5.41, 5.74) is 0.322. The molecule has 1 heterocycles. The first-order valence-corrected chi connectivity index (χ1v) is 6.49. The van der Waals surface area contributed by atoms with Gasteiger partial charge in [0.15, 0.2) is 0 Å². The minimum atomic E-state index is -0.605. The van der Waals surface area contributed by atoms with Crippen molar-refractivity contribution in [2.75, 3.05) is 24.3 Å². The zero-order valence-electron chi connectivity index (χ0n) is 10.4. The third-order valence-electron chi connectivity index (χ3n) is 3.12. The van der Waals surface area contributed by atoms with Gasteiger partial charge in [-0.25, -0.2) is 9.18 Å². The van der Waals surface area contributed by atoms with Gasteiger partial charge in [-0.1, -0.05) is 0 Å². The second-order valence-corrected chi connectivity index (χ2v) is 4.78. The Hall–Kier alpha value is -1.56. The van der Waals surface area contributed by atoms with Crippen molar-refractivity contribution in [2.45, 2.75) is 6.42 Å². The number of anilines is 1. The van der Waals surface area contributed by atoms with Crippen molar-refractivity contribution in [1.82, 2.24) is 0 Å². The van der Waals surface area contributed by atoms with Crippen LogP contribution in [0.1, 0.15) is 16.8 Å². The molecule has 1 unspecified atom stereocenters. The number of methoxy groups -OCH3 is 1.